The fourth-order valence-electron chi connectivity index (χ4n) is 3.93. The van der Waals surface area contributed by atoms with E-state index < -0.39 is 0 Å². The van der Waals surface area contributed by atoms with Crippen molar-refractivity contribution >= 4 is 34.4 Å². The van der Waals surface area contributed by atoms with Gasteiger partial charge in [0.25, 0.3) is 5.91 Å². The normalized spacial score (nSPS) is 11.2. The number of amides is 1. The lowest BCUT2D eigenvalue weighted by Crippen LogP contribution is -2.17. The first-order valence-electron chi connectivity index (χ1n) is 10.3. The summed E-state index contributed by atoms with van der Waals surface area (Å²) in [5.41, 5.74) is 5.07. The Morgan fingerprint density at radius 2 is 1.88 bits per heavy atom. The Balaban J connectivity index is 1.67. The van der Waals surface area contributed by atoms with E-state index in [1.807, 2.05) is 54.8 Å². The largest absolute Gasteiger partial charge is 0.467 e. The molecule has 7 heteroatoms. The summed E-state index contributed by atoms with van der Waals surface area (Å²) < 4.78 is 7.61. The van der Waals surface area contributed by atoms with Crippen LogP contribution in [0.2, 0.25) is 5.02 Å². The first-order chi connectivity index (χ1) is 15.5. The van der Waals surface area contributed by atoms with Gasteiger partial charge in [-0.1, -0.05) is 35.9 Å². The van der Waals surface area contributed by atoms with E-state index in [9.17, 15) is 4.79 Å². The Labute approximate surface area is 189 Å². The van der Waals surface area contributed by atoms with E-state index >= 15 is 0 Å². The monoisotopic (exact) mass is 444 g/mol. The fourth-order valence-corrected chi connectivity index (χ4v) is 4.15. The number of fused-ring (bicyclic) bond motifs is 1. The Hall–Kier alpha value is -3.77. The highest BCUT2D eigenvalue weighted by Crippen LogP contribution is 2.36. The molecule has 0 spiro atoms. The molecule has 3 aromatic heterocycles. The first kappa shape index (κ1) is 20.2. The molecular weight excluding hydrogens is 424 g/mol. The van der Waals surface area contributed by atoms with Crippen LogP contribution in [-0.4, -0.2) is 20.4 Å². The maximum absolute atomic E-state index is 13.2. The number of anilines is 1. The number of rotatable bonds is 5. The topological polar surface area (TPSA) is 75.8 Å². The van der Waals surface area contributed by atoms with Crippen molar-refractivity contribution in [2.24, 2.45) is 0 Å². The molecule has 0 saturated carbocycles. The second-order valence-corrected chi connectivity index (χ2v) is 8.04. The lowest BCUT2D eigenvalue weighted by Gasteiger charge is -2.13. The van der Waals surface area contributed by atoms with E-state index in [1.54, 1.807) is 30.5 Å². The van der Waals surface area contributed by atoms with Gasteiger partial charge in [0.2, 0.25) is 0 Å². The Kier molecular flexibility index (Phi) is 5.07. The van der Waals surface area contributed by atoms with Crippen LogP contribution in [0.5, 0.6) is 0 Å². The van der Waals surface area contributed by atoms with Crippen molar-refractivity contribution < 1.29 is 9.21 Å². The number of aromatic amines is 1. The zero-order valence-electron chi connectivity index (χ0n) is 17.6. The number of nitrogens with zero attached hydrogens (tertiary/aromatic N) is 2. The van der Waals surface area contributed by atoms with Gasteiger partial charge in [-0.15, -0.1) is 0 Å². The number of aromatic nitrogens is 3. The molecule has 0 radical (unpaired) electrons. The molecule has 0 saturated heterocycles. The van der Waals surface area contributed by atoms with Crippen LogP contribution in [0.3, 0.4) is 0 Å². The van der Waals surface area contributed by atoms with Gasteiger partial charge in [0.05, 0.1) is 40.0 Å². The molecule has 0 aliphatic rings. The van der Waals surface area contributed by atoms with Gasteiger partial charge in [0.15, 0.2) is 0 Å². The molecule has 0 aliphatic carbocycles. The number of furan rings is 1. The highest BCUT2D eigenvalue weighted by molar-refractivity contribution is 6.34. The van der Waals surface area contributed by atoms with E-state index in [0.29, 0.717) is 28.8 Å². The molecule has 2 aromatic carbocycles. The summed E-state index contributed by atoms with van der Waals surface area (Å²) >= 11 is 6.29. The minimum atomic E-state index is -0.286. The van der Waals surface area contributed by atoms with Crippen LogP contribution in [0.4, 0.5) is 5.82 Å². The summed E-state index contributed by atoms with van der Waals surface area (Å²) in [4.78, 5) is 21.4. The molecule has 2 N–H and O–H groups in total. The lowest BCUT2D eigenvalue weighted by atomic mass is 10.1. The molecule has 0 atom stereocenters. The quantitative estimate of drug-likeness (QED) is 0.339. The predicted molar refractivity (Wildman–Crippen MR) is 126 cm³/mol. The van der Waals surface area contributed by atoms with Gasteiger partial charge in [-0.3, -0.25) is 4.79 Å². The van der Waals surface area contributed by atoms with Crippen molar-refractivity contribution in [1.82, 2.24) is 14.5 Å². The molecular formula is C25H21ClN4O2. The van der Waals surface area contributed by atoms with E-state index in [0.717, 1.165) is 33.6 Å². The van der Waals surface area contributed by atoms with E-state index in [2.05, 4.69) is 10.3 Å². The summed E-state index contributed by atoms with van der Waals surface area (Å²) in [5, 5.41) is 3.49. The number of carbonyl (C=O) groups excluding carboxylic acids is 1. The van der Waals surface area contributed by atoms with Crippen molar-refractivity contribution in [3.05, 3.63) is 94.5 Å². The number of imidazole rings is 1. The smallest absolute Gasteiger partial charge is 0.258 e. The number of benzene rings is 2. The molecule has 3 heterocycles. The highest BCUT2D eigenvalue weighted by Gasteiger charge is 2.24. The summed E-state index contributed by atoms with van der Waals surface area (Å²) in [5.74, 6) is 1.83. The van der Waals surface area contributed by atoms with Gasteiger partial charge in [0.1, 0.15) is 17.4 Å². The van der Waals surface area contributed by atoms with Crippen molar-refractivity contribution in [2.45, 2.75) is 20.4 Å². The van der Waals surface area contributed by atoms with Crippen LogP contribution in [0.15, 0.2) is 71.3 Å². The zero-order chi connectivity index (χ0) is 22.2. The molecule has 0 fully saturated rings. The van der Waals surface area contributed by atoms with Crippen molar-refractivity contribution in [3.8, 4) is 11.4 Å². The van der Waals surface area contributed by atoms with E-state index in [-0.39, 0.29) is 5.91 Å². The zero-order valence-corrected chi connectivity index (χ0v) is 18.4. The lowest BCUT2D eigenvalue weighted by molar-refractivity contribution is 0.102. The van der Waals surface area contributed by atoms with Gasteiger partial charge in [0, 0.05) is 5.69 Å². The van der Waals surface area contributed by atoms with Crippen LogP contribution in [0.25, 0.3) is 22.4 Å². The Morgan fingerprint density at radius 3 is 2.62 bits per heavy atom. The molecule has 1 amide bonds. The van der Waals surface area contributed by atoms with Crippen molar-refractivity contribution in [1.29, 1.82) is 0 Å². The number of carbonyl (C=O) groups is 1. The fraction of sp³-hybridized carbons (Fsp3) is 0.120. The molecule has 0 bridgehead atoms. The molecule has 5 aromatic rings. The third-order valence-corrected chi connectivity index (χ3v) is 6.03. The van der Waals surface area contributed by atoms with Crippen LogP contribution >= 0.6 is 11.6 Å². The average molecular weight is 445 g/mol. The minimum absolute atomic E-state index is 0.286. The van der Waals surface area contributed by atoms with Gasteiger partial charge in [-0.2, -0.15) is 0 Å². The molecule has 5 rings (SSSR count). The first-order valence-corrected chi connectivity index (χ1v) is 10.6. The number of hydrogen-bond acceptors (Lipinski definition) is 3. The van der Waals surface area contributed by atoms with Crippen molar-refractivity contribution in [3.63, 3.8) is 0 Å². The molecule has 0 unspecified atom stereocenters. The highest BCUT2D eigenvalue weighted by atomic mass is 35.5. The average Bonchev–Trinajstić information content (AvgIpc) is 3.50. The predicted octanol–water partition coefficient (Wildman–Crippen LogP) is 6.20. The maximum Gasteiger partial charge on any atom is 0.258 e. The van der Waals surface area contributed by atoms with Gasteiger partial charge >= 0.3 is 0 Å². The molecule has 0 aliphatic heterocycles. The summed E-state index contributed by atoms with van der Waals surface area (Å²) in [7, 11) is 0. The molecule has 32 heavy (non-hydrogen) atoms. The summed E-state index contributed by atoms with van der Waals surface area (Å²) in [6.45, 7) is 4.52. The maximum atomic E-state index is 13.2. The van der Waals surface area contributed by atoms with E-state index in [4.69, 9.17) is 21.0 Å². The van der Waals surface area contributed by atoms with Gasteiger partial charge < -0.3 is 19.3 Å². The Bertz CT molecular complexity index is 1400. The van der Waals surface area contributed by atoms with Gasteiger partial charge in [-0.05, 0) is 55.8 Å². The molecule has 6 nitrogen and oxygen atoms in total. The minimum Gasteiger partial charge on any atom is -0.467 e. The Morgan fingerprint density at radius 1 is 1.09 bits per heavy atom. The second kappa shape index (κ2) is 8.05. The van der Waals surface area contributed by atoms with Crippen LogP contribution in [0.1, 0.15) is 27.4 Å². The number of halogens is 1. The van der Waals surface area contributed by atoms with Crippen LogP contribution < -0.4 is 5.32 Å². The van der Waals surface area contributed by atoms with E-state index in [1.165, 1.54) is 0 Å². The van der Waals surface area contributed by atoms with Crippen LogP contribution in [-0.2, 0) is 6.54 Å². The van der Waals surface area contributed by atoms with Gasteiger partial charge in [-0.25, -0.2) is 4.98 Å². The second-order valence-electron chi connectivity index (χ2n) is 7.64. The number of nitrogens with one attached hydrogen (secondary N) is 2. The third-order valence-electron chi connectivity index (χ3n) is 5.70. The number of para-hydroxylation sites is 2. The third kappa shape index (κ3) is 3.48. The summed E-state index contributed by atoms with van der Waals surface area (Å²) in [6, 6.07) is 18.6. The number of H-pyrrole nitrogens is 1. The molecule has 160 valence electrons. The summed E-state index contributed by atoms with van der Waals surface area (Å²) in [6.07, 6.45) is 1.64. The SMILES string of the molecule is Cc1c(-c2nc3ccccc3[nH]2)c(NC(=O)c2ccccc2Cl)n(Cc2ccco2)c1C. The number of hydrogen-bond donors (Lipinski definition) is 2. The van der Waals surface area contributed by atoms with Crippen molar-refractivity contribution in [2.75, 3.05) is 5.32 Å². The standard InChI is InChI=1S/C25H21ClN4O2/c1-15-16(2)30(14-17-8-7-13-32-17)24(29-25(31)18-9-3-4-10-19(18)26)22(15)23-27-20-11-5-6-12-21(20)28-23/h3-13H,14H2,1-2H3,(H,27,28)(H,29,31). The van der Waals surface area contributed by atoms with Crippen LogP contribution in [0, 0.1) is 13.8 Å².